The van der Waals surface area contributed by atoms with Crippen LogP contribution < -0.4 is 11.2 Å². The molecule has 0 saturated heterocycles. The van der Waals surface area contributed by atoms with Crippen molar-refractivity contribution in [3.63, 3.8) is 0 Å². The summed E-state index contributed by atoms with van der Waals surface area (Å²) in [5.41, 5.74) is -0.175. The molecular weight excluding hydrogens is 268 g/mol. The summed E-state index contributed by atoms with van der Waals surface area (Å²) in [6.45, 7) is 0. The highest BCUT2D eigenvalue weighted by atomic mass is 16.3. The molecule has 1 aliphatic carbocycles. The Morgan fingerprint density at radius 2 is 1.71 bits per heavy atom. The number of aromatic amines is 1. The van der Waals surface area contributed by atoms with Crippen LogP contribution in [0.25, 0.3) is 5.69 Å². The van der Waals surface area contributed by atoms with Gasteiger partial charge in [0.05, 0.1) is 11.3 Å². The van der Waals surface area contributed by atoms with Gasteiger partial charge in [-0.3, -0.25) is 9.78 Å². The van der Waals surface area contributed by atoms with Crippen LogP contribution in [0.2, 0.25) is 0 Å². The molecule has 1 aromatic heterocycles. The summed E-state index contributed by atoms with van der Waals surface area (Å²) in [7, 11) is 0. The molecule has 1 heterocycles. The van der Waals surface area contributed by atoms with Gasteiger partial charge in [0.1, 0.15) is 0 Å². The standard InChI is InChI=1S/C16H18N2O3/c19-14-13(11-7-3-1-4-8-11)15(20)18(16(21)17-14)12-9-5-2-6-10-12/h2,5-6,9-11,20H,1,3-4,7-8H2,(H,17,19,21). The summed E-state index contributed by atoms with van der Waals surface area (Å²) in [4.78, 5) is 26.5. The fourth-order valence-electron chi connectivity index (χ4n) is 3.11. The van der Waals surface area contributed by atoms with E-state index >= 15 is 0 Å². The van der Waals surface area contributed by atoms with Crippen LogP contribution in [-0.2, 0) is 0 Å². The summed E-state index contributed by atoms with van der Waals surface area (Å²) in [5.74, 6) is -0.195. The number of para-hydroxylation sites is 1. The zero-order valence-electron chi connectivity index (χ0n) is 11.7. The molecule has 0 atom stereocenters. The highest BCUT2D eigenvalue weighted by Crippen LogP contribution is 2.34. The summed E-state index contributed by atoms with van der Waals surface area (Å²) < 4.78 is 1.17. The quantitative estimate of drug-likeness (QED) is 0.889. The van der Waals surface area contributed by atoms with E-state index in [1.165, 1.54) is 4.57 Å². The lowest BCUT2D eigenvalue weighted by Gasteiger charge is -2.22. The van der Waals surface area contributed by atoms with Crippen LogP contribution in [-0.4, -0.2) is 14.7 Å². The van der Waals surface area contributed by atoms with Crippen molar-refractivity contribution in [2.45, 2.75) is 38.0 Å². The monoisotopic (exact) mass is 286 g/mol. The molecule has 2 aromatic rings. The smallest absolute Gasteiger partial charge is 0.335 e. The van der Waals surface area contributed by atoms with Gasteiger partial charge in [-0.1, -0.05) is 37.5 Å². The van der Waals surface area contributed by atoms with Gasteiger partial charge >= 0.3 is 5.69 Å². The van der Waals surface area contributed by atoms with Gasteiger partial charge in [-0.05, 0) is 30.9 Å². The van der Waals surface area contributed by atoms with E-state index in [9.17, 15) is 14.7 Å². The van der Waals surface area contributed by atoms with Crippen LogP contribution in [0.1, 0.15) is 43.6 Å². The zero-order valence-corrected chi connectivity index (χ0v) is 11.7. The molecule has 1 saturated carbocycles. The molecule has 0 bridgehead atoms. The Morgan fingerprint density at radius 1 is 1.05 bits per heavy atom. The van der Waals surface area contributed by atoms with Crippen LogP contribution in [0, 0.1) is 0 Å². The first-order chi connectivity index (χ1) is 10.2. The van der Waals surface area contributed by atoms with E-state index in [0.29, 0.717) is 11.3 Å². The van der Waals surface area contributed by atoms with Crippen LogP contribution in [0.4, 0.5) is 0 Å². The average Bonchev–Trinajstić information content (AvgIpc) is 2.49. The molecule has 2 N–H and O–H groups in total. The molecule has 1 fully saturated rings. The fourth-order valence-corrected chi connectivity index (χ4v) is 3.11. The minimum atomic E-state index is -0.608. The van der Waals surface area contributed by atoms with Crippen molar-refractivity contribution in [1.82, 2.24) is 9.55 Å². The first-order valence-corrected chi connectivity index (χ1v) is 7.32. The van der Waals surface area contributed by atoms with E-state index in [1.807, 2.05) is 6.07 Å². The largest absolute Gasteiger partial charge is 0.494 e. The molecule has 110 valence electrons. The summed E-state index contributed by atoms with van der Waals surface area (Å²) >= 11 is 0. The molecule has 5 heteroatoms. The molecule has 5 nitrogen and oxygen atoms in total. The number of aromatic hydroxyl groups is 1. The Kier molecular flexibility index (Phi) is 3.64. The van der Waals surface area contributed by atoms with Crippen LogP contribution >= 0.6 is 0 Å². The number of hydrogen-bond donors (Lipinski definition) is 2. The SMILES string of the molecule is O=c1[nH]c(=O)n(-c2ccccc2)c(O)c1C1CCCCC1. The van der Waals surface area contributed by atoms with Crippen LogP contribution in [0.15, 0.2) is 39.9 Å². The van der Waals surface area contributed by atoms with Crippen molar-refractivity contribution < 1.29 is 5.11 Å². The van der Waals surface area contributed by atoms with Gasteiger partial charge < -0.3 is 5.11 Å². The predicted molar refractivity (Wildman–Crippen MR) is 80.2 cm³/mol. The number of nitrogens with zero attached hydrogens (tertiary/aromatic N) is 1. The fraction of sp³-hybridized carbons (Fsp3) is 0.375. The van der Waals surface area contributed by atoms with Crippen molar-refractivity contribution >= 4 is 0 Å². The van der Waals surface area contributed by atoms with Crippen molar-refractivity contribution in [2.24, 2.45) is 0 Å². The van der Waals surface area contributed by atoms with Gasteiger partial charge in [-0.15, -0.1) is 0 Å². The molecule has 3 rings (SSSR count). The van der Waals surface area contributed by atoms with E-state index in [2.05, 4.69) is 4.98 Å². The number of rotatable bonds is 2. The summed E-state index contributed by atoms with van der Waals surface area (Å²) in [6, 6.07) is 8.85. The third-order valence-corrected chi connectivity index (χ3v) is 4.15. The average molecular weight is 286 g/mol. The molecule has 0 amide bonds. The predicted octanol–water partition coefficient (Wildman–Crippen LogP) is 2.28. The molecule has 0 unspecified atom stereocenters. The number of H-pyrrole nitrogens is 1. The van der Waals surface area contributed by atoms with Crippen molar-refractivity contribution in [2.75, 3.05) is 0 Å². The highest BCUT2D eigenvalue weighted by molar-refractivity contribution is 5.39. The maximum atomic E-state index is 12.1. The van der Waals surface area contributed by atoms with Gasteiger partial charge in [-0.25, -0.2) is 9.36 Å². The zero-order chi connectivity index (χ0) is 14.8. The molecule has 21 heavy (non-hydrogen) atoms. The van der Waals surface area contributed by atoms with E-state index in [0.717, 1.165) is 32.1 Å². The highest BCUT2D eigenvalue weighted by Gasteiger charge is 2.25. The van der Waals surface area contributed by atoms with Crippen molar-refractivity contribution in [1.29, 1.82) is 0 Å². The number of benzene rings is 1. The maximum Gasteiger partial charge on any atom is 0.335 e. The molecule has 0 spiro atoms. The number of hydrogen-bond acceptors (Lipinski definition) is 3. The second kappa shape index (κ2) is 5.60. The topological polar surface area (TPSA) is 75.1 Å². The number of nitrogens with one attached hydrogen (secondary N) is 1. The third kappa shape index (κ3) is 2.51. The van der Waals surface area contributed by atoms with E-state index in [1.54, 1.807) is 24.3 Å². The summed E-state index contributed by atoms with van der Waals surface area (Å²) in [5, 5.41) is 10.5. The van der Waals surface area contributed by atoms with E-state index in [4.69, 9.17) is 0 Å². The van der Waals surface area contributed by atoms with Gasteiger partial charge in [0.2, 0.25) is 5.88 Å². The Bertz CT molecular complexity index is 740. The Labute approximate surface area is 121 Å². The molecule has 1 aliphatic rings. The van der Waals surface area contributed by atoms with Crippen molar-refractivity contribution in [3.05, 3.63) is 56.7 Å². The first kappa shape index (κ1) is 13.7. The van der Waals surface area contributed by atoms with Crippen molar-refractivity contribution in [3.8, 4) is 11.6 Å². The minimum absolute atomic E-state index is 0.0260. The second-order valence-corrected chi connectivity index (χ2v) is 5.50. The van der Waals surface area contributed by atoms with E-state index < -0.39 is 11.2 Å². The third-order valence-electron chi connectivity index (χ3n) is 4.15. The lowest BCUT2D eigenvalue weighted by molar-refractivity contribution is 0.387. The second-order valence-electron chi connectivity index (χ2n) is 5.50. The number of aromatic nitrogens is 2. The molecule has 0 aliphatic heterocycles. The molecule has 0 radical (unpaired) electrons. The van der Waals surface area contributed by atoms with Crippen LogP contribution in [0.3, 0.4) is 0 Å². The van der Waals surface area contributed by atoms with Gasteiger partial charge in [0.25, 0.3) is 5.56 Å². The first-order valence-electron chi connectivity index (χ1n) is 7.32. The normalized spacial score (nSPS) is 16.0. The molecule has 1 aromatic carbocycles. The molecular formula is C16H18N2O3. The lowest BCUT2D eigenvalue weighted by Crippen LogP contribution is -2.32. The van der Waals surface area contributed by atoms with Gasteiger partial charge in [0.15, 0.2) is 0 Å². The Morgan fingerprint density at radius 3 is 2.38 bits per heavy atom. The lowest BCUT2D eigenvalue weighted by atomic mass is 9.85. The minimum Gasteiger partial charge on any atom is -0.494 e. The van der Waals surface area contributed by atoms with Crippen LogP contribution in [0.5, 0.6) is 5.88 Å². The summed E-state index contributed by atoms with van der Waals surface area (Å²) in [6.07, 6.45) is 5.02. The maximum absolute atomic E-state index is 12.1. The Hall–Kier alpha value is -2.30. The van der Waals surface area contributed by atoms with Gasteiger partial charge in [0, 0.05) is 0 Å². The Balaban J connectivity index is 2.18. The van der Waals surface area contributed by atoms with Gasteiger partial charge in [-0.2, -0.15) is 0 Å². The van der Waals surface area contributed by atoms with E-state index in [-0.39, 0.29) is 11.8 Å².